The fraction of sp³-hybridized carbons (Fsp3) is 0.0345. The van der Waals surface area contributed by atoms with E-state index in [0.29, 0.717) is 5.02 Å². The van der Waals surface area contributed by atoms with Crippen LogP contribution in [0.25, 0.3) is 5.70 Å². The molecule has 1 N–H and O–H groups in total. The van der Waals surface area contributed by atoms with E-state index in [1.54, 1.807) is 12.1 Å². The molecule has 0 saturated carbocycles. The summed E-state index contributed by atoms with van der Waals surface area (Å²) in [6, 6.07) is 32.1. The van der Waals surface area contributed by atoms with Crippen molar-refractivity contribution >= 4 is 28.7 Å². The number of hydrogen-bond acceptors (Lipinski definition) is 4. The first-order valence-corrected chi connectivity index (χ1v) is 11.4. The first-order chi connectivity index (χ1) is 17.1. The third-order valence-corrected chi connectivity index (χ3v) is 5.97. The van der Waals surface area contributed by atoms with Gasteiger partial charge in [-0.15, -0.1) is 0 Å². The predicted octanol–water partition coefficient (Wildman–Crippen LogP) is 6.76. The highest BCUT2D eigenvalue weighted by molar-refractivity contribution is 6.30. The highest BCUT2D eigenvalue weighted by Crippen LogP contribution is 2.35. The van der Waals surface area contributed by atoms with Crippen molar-refractivity contribution in [1.82, 2.24) is 5.43 Å². The van der Waals surface area contributed by atoms with E-state index in [-0.39, 0.29) is 11.7 Å². The highest BCUT2D eigenvalue weighted by atomic mass is 35.5. The van der Waals surface area contributed by atoms with E-state index in [9.17, 15) is 10.1 Å². The van der Waals surface area contributed by atoms with Crippen molar-refractivity contribution in [2.24, 2.45) is 0 Å². The highest BCUT2D eigenvalue weighted by Gasteiger charge is 2.27. The minimum Gasteiger partial charge on any atom is -0.297 e. The van der Waals surface area contributed by atoms with Crippen LogP contribution in [0.5, 0.6) is 0 Å². The fourth-order valence-corrected chi connectivity index (χ4v) is 4.02. The Balaban J connectivity index is 1.41. The molecule has 0 aliphatic carbocycles. The lowest BCUT2D eigenvalue weighted by atomic mass is 10.0. The molecule has 0 amide bonds. The maximum absolute atomic E-state index is 11.1. The Labute approximate surface area is 208 Å². The summed E-state index contributed by atoms with van der Waals surface area (Å²) in [6.45, 7) is 0. The van der Waals surface area contributed by atoms with Gasteiger partial charge in [0, 0.05) is 28.3 Å². The van der Waals surface area contributed by atoms with Gasteiger partial charge >= 0.3 is 0 Å². The van der Waals surface area contributed by atoms with Crippen LogP contribution in [0.2, 0.25) is 5.02 Å². The molecule has 1 aliphatic rings. The Bertz CT molecular complexity index is 1440. The zero-order valence-corrected chi connectivity index (χ0v) is 19.3. The minimum absolute atomic E-state index is 0.0627. The van der Waals surface area contributed by atoms with Gasteiger partial charge in [-0.25, -0.2) is 0 Å². The maximum Gasteiger partial charge on any atom is 0.269 e. The molecule has 0 aromatic heterocycles. The van der Waals surface area contributed by atoms with Gasteiger partial charge in [-0.3, -0.25) is 20.5 Å². The SMILES string of the molecule is O=[N+]([O-])c1ccc(N2NC(c3ccc(C#Cc4ccc(Cl)cc4)cc3)=CC2c2ccccc2)cc1. The zero-order valence-electron chi connectivity index (χ0n) is 18.6. The number of halogens is 1. The molecule has 4 aromatic carbocycles. The number of hydrazine groups is 1. The van der Waals surface area contributed by atoms with Crippen LogP contribution in [-0.4, -0.2) is 4.92 Å². The molecule has 0 spiro atoms. The first kappa shape index (κ1) is 22.3. The summed E-state index contributed by atoms with van der Waals surface area (Å²) < 4.78 is 0. The van der Waals surface area contributed by atoms with Gasteiger partial charge in [0.25, 0.3) is 5.69 Å². The molecule has 35 heavy (non-hydrogen) atoms. The van der Waals surface area contributed by atoms with E-state index in [4.69, 9.17) is 11.6 Å². The second kappa shape index (κ2) is 9.76. The van der Waals surface area contributed by atoms with Crippen LogP contribution < -0.4 is 10.4 Å². The molecule has 0 fully saturated rings. The summed E-state index contributed by atoms with van der Waals surface area (Å²) in [5, 5.41) is 13.8. The molecule has 170 valence electrons. The van der Waals surface area contributed by atoms with Crippen molar-refractivity contribution < 1.29 is 4.92 Å². The van der Waals surface area contributed by atoms with Gasteiger partial charge < -0.3 is 0 Å². The van der Waals surface area contributed by atoms with Crippen LogP contribution in [0.4, 0.5) is 11.4 Å². The molecule has 1 unspecified atom stereocenters. The van der Waals surface area contributed by atoms with Gasteiger partial charge in [-0.1, -0.05) is 65.9 Å². The second-order valence-corrected chi connectivity index (χ2v) is 8.46. The van der Waals surface area contributed by atoms with Crippen LogP contribution in [0, 0.1) is 22.0 Å². The summed E-state index contributed by atoms with van der Waals surface area (Å²) in [7, 11) is 0. The van der Waals surface area contributed by atoms with Crippen LogP contribution >= 0.6 is 11.6 Å². The first-order valence-electron chi connectivity index (χ1n) is 11.0. The van der Waals surface area contributed by atoms with E-state index < -0.39 is 4.92 Å². The molecule has 0 saturated heterocycles. The number of nitro benzene ring substituents is 1. The average Bonchev–Trinajstić information content (AvgIpc) is 3.35. The smallest absolute Gasteiger partial charge is 0.269 e. The zero-order chi connectivity index (χ0) is 24.2. The van der Waals surface area contributed by atoms with Crippen LogP contribution in [-0.2, 0) is 0 Å². The standard InChI is InChI=1S/C29H20ClN3O2/c30-25-14-10-22(11-15-25)7-6-21-8-12-23(13-9-21)28-20-29(24-4-2-1-3-5-24)32(31-28)26-16-18-27(19-17-26)33(34)35/h1-5,8-20,29,31H. The minimum atomic E-state index is -0.392. The van der Waals surface area contributed by atoms with E-state index in [2.05, 4.69) is 35.5 Å². The summed E-state index contributed by atoms with van der Waals surface area (Å²) >= 11 is 5.94. The summed E-state index contributed by atoms with van der Waals surface area (Å²) in [5.74, 6) is 6.34. The molecule has 1 atom stereocenters. The van der Waals surface area contributed by atoms with E-state index in [0.717, 1.165) is 33.6 Å². The van der Waals surface area contributed by atoms with Crippen LogP contribution in [0.3, 0.4) is 0 Å². The van der Waals surface area contributed by atoms with E-state index >= 15 is 0 Å². The molecule has 5 nitrogen and oxygen atoms in total. The summed E-state index contributed by atoms with van der Waals surface area (Å²) in [4.78, 5) is 10.7. The van der Waals surface area contributed by atoms with Gasteiger partial charge in [-0.05, 0) is 65.7 Å². The number of hydrogen-bond donors (Lipinski definition) is 1. The lowest BCUT2D eigenvalue weighted by Gasteiger charge is -2.27. The molecule has 0 bridgehead atoms. The Morgan fingerprint density at radius 2 is 1.40 bits per heavy atom. The predicted molar refractivity (Wildman–Crippen MR) is 140 cm³/mol. The van der Waals surface area contributed by atoms with Crippen molar-refractivity contribution in [2.75, 3.05) is 5.01 Å². The third kappa shape index (κ3) is 5.03. The summed E-state index contributed by atoms with van der Waals surface area (Å²) in [5.41, 5.74) is 9.28. The van der Waals surface area contributed by atoms with Crippen molar-refractivity contribution in [3.05, 3.63) is 147 Å². The van der Waals surface area contributed by atoms with Crippen LogP contribution in [0.15, 0.2) is 109 Å². The van der Waals surface area contributed by atoms with E-state index in [1.165, 1.54) is 12.1 Å². The number of anilines is 1. The van der Waals surface area contributed by atoms with Gasteiger partial charge in [-0.2, -0.15) is 0 Å². The number of nitro groups is 1. The normalized spacial score (nSPS) is 14.5. The molecular formula is C29H20ClN3O2. The topological polar surface area (TPSA) is 58.4 Å². The largest absolute Gasteiger partial charge is 0.297 e. The Kier molecular flexibility index (Phi) is 6.21. The molecule has 4 aromatic rings. The van der Waals surface area contributed by atoms with Crippen molar-refractivity contribution in [3.8, 4) is 11.8 Å². The van der Waals surface area contributed by atoms with Crippen LogP contribution in [0.1, 0.15) is 28.3 Å². The summed E-state index contributed by atoms with van der Waals surface area (Å²) in [6.07, 6.45) is 2.16. The van der Waals surface area contributed by atoms with Gasteiger partial charge in [0.2, 0.25) is 0 Å². The lowest BCUT2D eigenvalue weighted by molar-refractivity contribution is -0.384. The molecule has 6 heteroatoms. The second-order valence-electron chi connectivity index (χ2n) is 8.03. The molecule has 5 rings (SSSR count). The van der Waals surface area contributed by atoms with E-state index in [1.807, 2.05) is 71.7 Å². The van der Waals surface area contributed by atoms with Crippen molar-refractivity contribution in [3.63, 3.8) is 0 Å². The number of benzene rings is 4. The molecular weight excluding hydrogens is 458 g/mol. The Morgan fingerprint density at radius 1 is 0.800 bits per heavy atom. The number of nitrogens with one attached hydrogen (secondary N) is 1. The Hall–Kier alpha value is -4.53. The fourth-order valence-electron chi connectivity index (χ4n) is 3.90. The number of non-ortho nitro benzene ring substituents is 1. The maximum atomic E-state index is 11.1. The quantitative estimate of drug-likeness (QED) is 0.200. The van der Waals surface area contributed by atoms with Gasteiger partial charge in [0.15, 0.2) is 0 Å². The number of rotatable bonds is 4. The van der Waals surface area contributed by atoms with Gasteiger partial charge in [0.05, 0.1) is 22.3 Å². The van der Waals surface area contributed by atoms with Crippen molar-refractivity contribution in [1.29, 1.82) is 0 Å². The third-order valence-electron chi connectivity index (χ3n) is 5.71. The van der Waals surface area contributed by atoms with Gasteiger partial charge in [0.1, 0.15) is 0 Å². The number of nitrogens with zero attached hydrogens (tertiary/aromatic N) is 2. The molecule has 1 heterocycles. The molecule has 1 aliphatic heterocycles. The molecule has 0 radical (unpaired) electrons. The van der Waals surface area contributed by atoms with Crippen molar-refractivity contribution in [2.45, 2.75) is 6.04 Å². The Morgan fingerprint density at radius 3 is 2.00 bits per heavy atom. The monoisotopic (exact) mass is 477 g/mol. The average molecular weight is 478 g/mol. The lowest BCUT2D eigenvalue weighted by Crippen LogP contribution is -2.33.